The third kappa shape index (κ3) is 10.5. The molecular formula is C29H38N4O7. The van der Waals surface area contributed by atoms with E-state index in [0.29, 0.717) is 12.0 Å². The number of aliphatic carboxylic acids is 2. The van der Waals surface area contributed by atoms with Crippen molar-refractivity contribution in [2.75, 3.05) is 0 Å². The standard InChI is InChI=1S/C29H38N4O7/c1-3-18(2)25(33-26(36)21(30)16-19-10-6-4-7-11-19)28(38)32-23(17-20-12-8-5-9-13-20)27(37)31-22(29(39)40)14-15-24(34)35/h4-13,18,21-23,25H,3,14-17,30H2,1-2H3,(H,31,37)(H,32,38)(H,33,36)(H,34,35)(H,39,40). The highest BCUT2D eigenvalue weighted by atomic mass is 16.4. The van der Waals surface area contributed by atoms with Crippen LogP contribution in [0, 0.1) is 5.92 Å². The van der Waals surface area contributed by atoms with Gasteiger partial charge in [-0.05, 0) is 29.9 Å². The quantitative estimate of drug-likeness (QED) is 0.179. The molecule has 3 amide bonds. The fourth-order valence-corrected chi connectivity index (χ4v) is 4.04. The van der Waals surface area contributed by atoms with Crippen LogP contribution in [0.1, 0.15) is 44.2 Å². The van der Waals surface area contributed by atoms with E-state index in [1.54, 1.807) is 37.3 Å². The Morgan fingerprint density at radius 1 is 0.750 bits per heavy atom. The van der Waals surface area contributed by atoms with E-state index in [-0.39, 0.29) is 25.2 Å². The van der Waals surface area contributed by atoms with E-state index in [1.807, 2.05) is 37.3 Å². The van der Waals surface area contributed by atoms with E-state index in [2.05, 4.69) is 16.0 Å². The second-order valence-electron chi connectivity index (χ2n) is 9.75. The molecule has 11 heteroatoms. The summed E-state index contributed by atoms with van der Waals surface area (Å²) in [5.41, 5.74) is 7.69. The Morgan fingerprint density at radius 3 is 1.77 bits per heavy atom. The van der Waals surface area contributed by atoms with Crippen molar-refractivity contribution < 1.29 is 34.2 Å². The van der Waals surface area contributed by atoms with Crippen molar-refractivity contribution in [3.05, 3.63) is 71.8 Å². The summed E-state index contributed by atoms with van der Waals surface area (Å²) in [5.74, 6) is -4.83. The van der Waals surface area contributed by atoms with Crippen LogP contribution in [0.2, 0.25) is 0 Å². The number of hydrogen-bond acceptors (Lipinski definition) is 6. The predicted molar refractivity (Wildman–Crippen MR) is 148 cm³/mol. The summed E-state index contributed by atoms with van der Waals surface area (Å²) in [6, 6.07) is 13.5. The van der Waals surface area contributed by atoms with Gasteiger partial charge in [-0.1, -0.05) is 80.9 Å². The molecule has 0 fully saturated rings. The average molecular weight is 555 g/mol. The third-order valence-corrected chi connectivity index (χ3v) is 6.61. The van der Waals surface area contributed by atoms with Gasteiger partial charge in [-0.15, -0.1) is 0 Å². The lowest BCUT2D eigenvalue weighted by molar-refractivity contribution is -0.143. The van der Waals surface area contributed by atoms with Crippen LogP contribution in [-0.2, 0) is 36.8 Å². The fraction of sp³-hybridized carbons (Fsp3) is 0.414. The van der Waals surface area contributed by atoms with Gasteiger partial charge in [-0.25, -0.2) is 4.79 Å². The molecule has 0 aliphatic rings. The van der Waals surface area contributed by atoms with Crippen molar-refractivity contribution in [2.45, 2.75) is 70.1 Å². The molecule has 40 heavy (non-hydrogen) atoms. The van der Waals surface area contributed by atoms with E-state index in [9.17, 15) is 29.1 Å². The van der Waals surface area contributed by atoms with Crippen molar-refractivity contribution in [3.8, 4) is 0 Å². The fourth-order valence-electron chi connectivity index (χ4n) is 4.04. The summed E-state index contributed by atoms with van der Waals surface area (Å²) in [5, 5.41) is 26.1. The first-order chi connectivity index (χ1) is 19.0. The van der Waals surface area contributed by atoms with Crippen LogP contribution in [-0.4, -0.2) is 64.0 Å². The Hall–Kier alpha value is -4.25. The highest BCUT2D eigenvalue weighted by Crippen LogP contribution is 2.12. The van der Waals surface area contributed by atoms with Crippen LogP contribution in [0.25, 0.3) is 0 Å². The number of amides is 3. The maximum atomic E-state index is 13.5. The molecule has 0 radical (unpaired) electrons. The van der Waals surface area contributed by atoms with E-state index in [4.69, 9.17) is 10.8 Å². The smallest absolute Gasteiger partial charge is 0.326 e. The number of carbonyl (C=O) groups excluding carboxylic acids is 3. The Balaban J connectivity index is 2.21. The second-order valence-corrected chi connectivity index (χ2v) is 9.75. The summed E-state index contributed by atoms with van der Waals surface area (Å²) >= 11 is 0. The lowest BCUT2D eigenvalue weighted by Gasteiger charge is -2.28. The first kappa shape index (κ1) is 32.0. The van der Waals surface area contributed by atoms with Gasteiger partial charge >= 0.3 is 11.9 Å². The van der Waals surface area contributed by atoms with E-state index < -0.39 is 60.2 Å². The lowest BCUT2D eigenvalue weighted by Crippen LogP contribution is -2.59. The Morgan fingerprint density at radius 2 is 1.27 bits per heavy atom. The molecule has 0 spiro atoms. The van der Waals surface area contributed by atoms with Crippen LogP contribution >= 0.6 is 0 Å². The minimum atomic E-state index is -1.46. The zero-order valence-electron chi connectivity index (χ0n) is 22.7. The molecule has 0 heterocycles. The van der Waals surface area contributed by atoms with Gasteiger partial charge in [-0.3, -0.25) is 19.2 Å². The highest BCUT2D eigenvalue weighted by Gasteiger charge is 2.32. The molecule has 11 nitrogen and oxygen atoms in total. The number of carbonyl (C=O) groups is 5. The number of rotatable bonds is 16. The van der Waals surface area contributed by atoms with Crippen LogP contribution < -0.4 is 21.7 Å². The van der Waals surface area contributed by atoms with Crippen molar-refractivity contribution in [1.82, 2.24) is 16.0 Å². The number of carboxylic acids is 2. The lowest BCUT2D eigenvalue weighted by atomic mass is 9.96. The normalized spacial score (nSPS) is 14.6. The summed E-state index contributed by atoms with van der Waals surface area (Å²) in [6.07, 6.45) is 0.0650. The van der Waals surface area contributed by atoms with Crippen LogP contribution in [0.3, 0.4) is 0 Å². The van der Waals surface area contributed by atoms with Gasteiger partial charge < -0.3 is 31.9 Å². The van der Waals surface area contributed by atoms with Gasteiger partial charge in [0, 0.05) is 12.8 Å². The molecule has 0 saturated heterocycles. The van der Waals surface area contributed by atoms with Crippen molar-refractivity contribution in [3.63, 3.8) is 0 Å². The molecule has 5 atom stereocenters. The summed E-state index contributed by atoms with van der Waals surface area (Å²) in [7, 11) is 0. The summed E-state index contributed by atoms with van der Waals surface area (Å²) in [4.78, 5) is 62.2. The minimum absolute atomic E-state index is 0.0401. The van der Waals surface area contributed by atoms with E-state index >= 15 is 0 Å². The largest absolute Gasteiger partial charge is 0.481 e. The highest BCUT2D eigenvalue weighted by molar-refractivity contribution is 5.94. The maximum absolute atomic E-state index is 13.5. The molecule has 5 unspecified atom stereocenters. The predicted octanol–water partition coefficient (Wildman–Crippen LogP) is 1.25. The van der Waals surface area contributed by atoms with Gasteiger partial charge in [-0.2, -0.15) is 0 Å². The van der Waals surface area contributed by atoms with Gasteiger partial charge in [0.25, 0.3) is 0 Å². The zero-order valence-corrected chi connectivity index (χ0v) is 22.7. The van der Waals surface area contributed by atoms with Crippen molar-refractivity contribution in [1.29, 1.82) is 0 Å². The van der Waals surface area contributed by atoms with Crippen LogP contribution in [0.15, 0.2) is 60.7 Å². The zero-order chi connectivity index (χ0) is 29.7. The van der Waals surface area contributed by atoms with E-state index in [1.165, 1.54) is 0 Å². The monoisotopic (exact) mass is 554 g/mol. The molecule has 0 saturated carbocycles. The molecule has 0 aliphatic heterocycles. The average Bonchev–Trinajstić information content (AvgIpc) is 2.93. The molecule has 0 bridgehead atoms. The Kier molecular flexibility index (Phi) is 12.8. The first-order valence-electron chi connectivity index (χ1n) is 13.2. The number of nitrogens with two attached hydrogens (primary N) is 1. The molecule has 2 aromatic carbocycles. The van der Waals surface area contributed by atoms with Gasteiger partial charge in [0.15, 0.2) is 0 Å². The molecule has 0 aliphatic carbocycles. The molecular weight excluding hydrogens is 516 g/mol. The Labute approximate surface area is 233 Å². The van der Waals surface area contributed by atoms with E-state index in [0.717, 1.165) is 5.56 Å². The van der Waals surface area contributed by atoms with Gasteiger partial charge in [0.05, 0.1) is 6.04 Å². The summed E-state index contributed by atoms with van der Waals surface area (Å²) < 4.78 is 0. The maximum Gasteiger partial charge on any atom is 0.326 e. The van der Waals surface area contributed by atoms with Crippen molar-refractivity contribution >= 4 is 29.7 Å². The topological polar surface area (TPSA) is 188 Å². The van der Waals surface area contributed by atoms with Crippen molar-refractivity contribution in [2.24, 2.45) is 11.7 Å². The third-order valence-electron chi connectivity index (χ3n) is 6.61. The molecule has 7 N–H and O–H groups in total. The molecule has 2 rings (SSSR count). The molecule has 2 aromatic rings. The number of carboxylic acid groups (broad SMARTS) is 2. The minimum Gasteiger partial charge on any atom is -0.481 e. The Bertz CT molecular complexity index is 1140. The second kappa shape index (κ2) is 16.0. The van der Waals surface area contributed by atoms with Crippen LogP contribution in [0.5, 0.6) is 0 Å². The SMILES string of the molecule is CCC(C)C(NC(=O)C(N)Cc1ccccc1)C(=O)NC(Cc1ccccc1)C(=O)NC(CCC(=O)O)C(=O)O. The van der Waals surface area contributed by atoms with Gasteiger partial charge in [0.1, 0.15) is 18.1 Å². The molecule has 216 valence electrons. The summed E-state index contributed by atoms with van der Waals surface area (Å²) in [6.45, 7) is 3.64. The van der Waals surface area contributed by atoms with Crippen LogP contribution in [0.4, 0.5) is 0 Å². The first-order valence-corrected chi connectivity index (χ1v) is 13.2. The molecule has 0 aromatic heterocycles. The van der Waals surface area contributed by atoms with Gasteiger partial charge in [0.2, 0.25) is 17.7 Å². The number of nitrogens with one attached hydrogen (secondary N) is 3. The number of benzene rings is 2. The number of hydrogen-bond donors (Lipinski definition) is 6.